The van der Waals surface area contributed by atoms with Gasteiger partial charge in [-0.25, -0.2) is 4.98 Å². The van der Waals surface area contributed by atoms with E-state index in [1.165, 1.54) is 0 Å². The minimum atomic E-state index is 0.610. The molecule has 0 aliphatic heterocycles. The number of aromatic nitrogens is 2. The number of hydrogen-bond acceptors (Lipinski definition) is 3. The molecule has 0 saturated carbocycles. The summed E-state index contributed by atoms with van der Waals surface area (Å²) in [7, 11) is 0. The molecule has 0 aliphatic carbocycles. The van der Waals surface area contributed by atoms with E-state index in [1.54, 1.807) is 0 Å². The van der Waals surface area contributed by atoms with E-state index in [4.69, 9.17) is 5.26 Å². The molecule has 1 heterocycles. The summed E-state index contributed by atoms with van der Waals surface area (Å²) in [5.41, 5.74) is 1.07. The van der Waals surface area contributed by atoms with Crippen LogP contribution in [0.5, 0.6) is 0 Å². The molecule has 88 valence electrons. The largest absolute Gasteiger partial charge is 0.337 e. The van der Waals surface area contributed by atoms with Crippen molar-refractivity contribution in [3.05, 3.63) is 18.2 Å². The van der Waals surface area contributed by atoms with E-state index in [0.717, 1.165) is 31.7 Å². The van der Waals surface area contributed by atoms with Gasteiger partial charge in [0.15, 0.2) is 0 Å². The first kappa shape index (κ1) is 12.7. The van der Waals surface area contributed by atoms with Crippen molar-refractivity contribution in [3.63, 3.8) is 0 Å². The maximum atomic E-state index is 8.43. The first-order valence-electron chi connectivity index (χ1n) is 5.80. The van der Waals surface area contributed by atoms with Crippen molar-refractivity contribution in [1.29, 1.82) is 5.26 Å². The third-order valence-corrected chi connectivity index (χ3v) is 2.25. The number of unbranched alkanes of at least 4 members (excludes halogenated alkanes) is 1. The summed E-state index contributed by atoms with van der Waals surface area (Å²) in [5.74, 6) is 0.665. The smallest absolute Gasteiger partial charge is 0.0949 e. The molecule has 16 heavy (non-hydrogen) atoms. The van der Waals surface area contributed by atoms with Gasteiger partial charge in [-0.15, -0.1) is 0 Å². The molecule has 0 unspecified atom stereocenters. The molecule has 4 heteroatoms. The number of imidazole rings is 1. The van der Waals surface area contributed by atoms with E-state index < -0.39 is 0 Å². The normalized spacial score (nSPS) is 10.6. The van der Waals surface area contributed by atoms with E-state index >= 15 is 0 Å². The Labute approximate surface area is 97.3 Å². The Morgan fingerprint density at radius 1 is 1.56 bits per heavy atom. The fraction of sp³-hybridized carbons (Fsp3) is 0.667. The highest BCUT2D eigenvalue weighted by molar-refractivity contribution is 4.96. The molecule has 0 atom stereocenters. The van der Waals surface area contributed by atoms with Crippen LogP contribution in [0, 0.1) is 17.2 Å². The number of nitrogens with one attached hydrogen (secondary N) is 1. The van der Waals surface area contributed by atoms with E-state index in [9.17, 15) is 0 Å². The molecule has 0 spiro atoms. The van der Waals surface area contributed by atoms with E-state index in [1.807, 2.05) is 17.1 Å². The highest BCUT2D eigenvalue weighted by Gasteiger charge is 1.99. The van der Waals surface area contributed by atoms with Crippen molar-refractivity contribution < 1.29 is 0 Å². The topological polar surface area (TPSA) is 53.6 Å². The lowest BCUT2D eigenvalue weighted by atomic mass is 10.2. The minimum Gasteiger partial charge on any atom is -0.337 e. The van der Waals surface area contributed by atoms with Gasteiger partial charge >= 0.3 is 0 Å². The van der Waals surface area contributed by atoms with E-state index in [-0.39, 0.29) is 0 Å². The highest BCUT2D eigenvalue weighted by Crippen LogP contribution is 1.99. The average Bonchev–Trinajstić information content (AvgIpc) is 2.66. The third kappa shape index (κ3) is 4.94. The van der Waals surface area contributed by atoms with Gasteiger partial charge in [-0.05, 0) is 18.9 Å². The van der Waals surface area contributed by atoms with Gasteiger partial charge in [0.05, 0.1) is 18.1 Å². The lowest BCUT2D eigenvalue weighted by Gasteiger charge is -2.04. The Kier molecular flexibility index (Phi) is 5.58. The molecular formula is C12H20N4. The number of rotatable bonds is 7. The summed E-state index contributed by atoms with van der Waals surface area (Å²) in [6.45, 7) is 7.09. The third-order valence-electron chi connectivity index (χ3n) is 2.25. The summed E-state index contributed by atoms with van der Waals surface area (Å²) >= 11 is 0. The quantitative estimate of drug-likeness (QED) is 0.714. The van der Waals surface area contributed by atoms with Crippen LogP contribution >= 0.6 is 0 Å². The molecule has 0 radical (unpaired) electrons. The Morgan fingerprint density at radius 2 is 2.38 bits per heavy atom. The molecule has 1 aromatic rings. The second-order valence-electron chi connectivity index (χ2n) is 4.39. The number of nitrogens with zero attached hydrogens (tertiary/aromatic N) is 3. The van der Waals surface area contributed by atoms with Crippen LogP contribution in [0.15, 0.2) is 12.5 Å². The summed E-state index contributed by atoms with van der Waals surface area (Å²) in [6, 6.07) is 2.15. The standard InChI is InChI=1S/C12H20N4/c1-11(2)7-14-8-12-9-16(10-15-12)6-4-3-5-13/h9-11,14H,3-4,6-8H2,1-2H3. The zero-order chi connectivity index (χ0) is 11.8. The van der Waals surface area contributed by atoms with Gasteiger partial charge in [0.2, 0.25) is 0 Å². The second-order valence-corrected chi connectivity index (χ2v) is 4.39. The minimum absolute atomic E-state index is 0.610. The lowest BCUT2D eigenvalue weighted by molar-refractivity contribution is 0.548. The molecule has 0 aliphatic rings. The van der Waals surface area contributed by atoms with Crippen LogP contribution in [-0.2, 0) is 13.1 Å². The predicted molar refractivity (Wildman–Crippen MR) is 63.6 cm³/mol. The van der Waals surface area contributed by atoms with Crippen molar-refractivity contribution in [3.8, 4) is 6.07 Å². The van der Waals surface area contributed by atoms with Crippen molar-refractivity contribution in [2.24, 2.45) is 5.92 Å². The monoisotopic (exact) mass is 220 g/mol. The number of aryl methyl sites for hydroxylation is 1. The SMILES string of the molecule is CC(C)CNCc1cn(CCCC#N)cn1. The van der Waals surface area contributed by atoms with Gasteiger partial charge in [-0.3, -0.25) is 0 Å². The first-order valence-corrected chi connectivity index (χ1v) is 5.80. The molecule has 1 aromatic heterocycles. The first-order chi connectivity index (χ1) is 7.72. The Hall–Kier alpha value is -1.34. The Balaban J connectivity index is 2.26. The zero-order valence-corrected chi connectivity index (χ0v) is 10.1. The lowest BCUT2D eigenvalue weighted by Crippen LogP contribution is -2.19. The van der Waals surface area contributed by atoms with Gasteiger partial charge in [-0.1, -0.05) is 13.8 Å². The van der Waals surface area contributed by atoms with Crippen LogP contribution < -0.4 is 5.32 Å². The average molecular weight is 220 g/mol. The van der Waals surface area contributed by atoms with Crippen LogP contribution in [0.3, 0.4) is 0 Å². The van der Waals surface area contributed by atoms with Crippen LogP contribution in [0.2, 0.25) is 0 Å². The van der Waals surface area contributed by atoms with Crippen LogP contribution in [0.1, 0.15) is 32.4 Å². The van der Waals surface area contributed by atoms with Crippen molar-refractivity contribution in [2.45, 2.75) is 39.8 Å². The highest BCUT2D eigenvalue weighted by atomic mass is 15.0. The molecular weight excluding hydrogens is 200 g/mol. The van der Waals surface area contributed by atoms with Crippen molar-refractivity contribution >= 4 is 0 Å². The van der Waals surface area contributed by atoms with Crippen LogP contribution in [0.25, 0.3) is 0 Å². The summed E-state index contributed by atoms with van der Waals surface area (Å²) in [5, 5.41) is 11.8. The maximum Gasteiger partial charge on any atom is 0.0949 e. The molecule has 0 saturated heterocycles. The summed E-state index contributed by atoms with van der Waals surface area (Å²) in [6.07, 6.45) is 5.39. The molecule has 0 bridgehead atoms. The van der Waals surface area contributed by atoms with Gasteiger partial charge in [0, 0.05) is 25.7 Å². The van der Waals surface area contributed by atoms with E-state index in [2.05, 4.69) is 30.2 Å². The molecule has 0 fully saturated rings. The van der Waals surface area contributed by atoms with Crippen molar-refractivity contribution in [2.75, 3.05) is 6.54 Å². The van der Waals surface area contributed by atoms with Crippen LogP contribution in [-0.4, -0.2) is 16.1 Å². The van der Waals surface area contributed by atoms with Gasteiger partial charge < -0.3 is 9.88 Å². The van der Waals surface area contributed by atoms with Gasteiger partial charge in [0.25, 0.3) is 0 Å². The fourth-order valence-electron chi connectivity index (χ4n) is 1.45. The predicted octanol–water partition coefficient (Wildman–Crippen LogP) is 1.93. The van der Waals surface area contributed by atoms with Gasteiger partial charge in [-0.2, -0.15) is 5.26 Å². The van der Waals surface area contributed by atoms with Gasteiger partial charge in [0.1, 0.15) is 0 Å². The summed E-state index contributed by atoms with van der Waals surface area (Å²) in [4.78, 5) is 4.31. The van der Waals surface area contributed by atoms with Crippen LogP contribution in [0.4, 0.5) is 0 Å². The molecule has 4 nitrogen and oxygen atoms in total. The number of hydrogen-bond donors (Lipinski definition) is 1. The Bertz CT molecular complexity index is 335. The molecule has 1 N–H and O–H groups in total. The Morgan fingerprint density at radius 3 is 3.06 bits per heavy atom. The molecule has 0 amide bonds. The maximum absolute atomic E-state index is 8.43. The van der Waals surface area contributed by atoms with E-state index in [0.29, 0.717) is 12.3 Å². The summed E-state index contributed by atoms with van der Waals surface area (Å²) < 4.78 is 2.05. The zero-order valence-electron chi connectivity index (χ0n) is 10.1. The second kappa shape index (κ2) is 7.02. The number of nitriles is 1. The molecule has 1 rings (SSSR count). The van der Waals surface area contributed by atoms with Crippen molar-refractivity contribution in [1.82, 2.24) is 14.9 Å². The molecule has 0 aromatic carbocycles. The fourth-order valence-corrected chi connectivity index (χ4v) is 1.45.